The van der Waals surface area contributed by atoms with Crippen LogP contribution >= 0.6 is 0 Å². The number of benzene rings is 3. The number of amides is 1. The summed E-state index contributed by atoms with van der Waals surface area (Å²) in [5.41, 5.74) is 7.44. The maximum Gasteiger partial charge on any atom is 0.228 e. The van der Waals surface area contributed by atoms with E-state index in [9.17, 15) is 9.18 Å². The molecule has 4 aromatic heterocycles. The quantitative estimate of drug-likeness (QED) is 0.222. The van der Waals surface area contributed by atoms with Crippen molar-refractivity contribution >= 4 is 33.7 Å². The SMILES string of the molecule is O=C(Cc1ccccc1)Nc1cncc(-c2cnc3[nH]nc(-c4nc5c(-c6cccc(F)c6)cccc5[nH]4)c3c2)c1. The third-order valence-corrected chi connectivity index (χ3v) is 6.85. The number of pyridine rings is 2. The number of rotatable bonds is 6. The first-order chi connectivity index (χ1) is 20.1. The highest BCUT2D eigenvalue weighted by molar-refractivity contribution is 5.97. The second-order valence-corrected chi connectivity index (χ2v) is 9.66. The van der Waals surface area contributed by atoms with Crippen molar-refractivity contribution < 1.29 is 9.18 Å². The molecule has 0 saturated carbocycles. The Morgan fingerprint density at radius 1 is 0.854 bits per heavy atom. The zero-order valence-corrected chi connectivity index (χ0v) is 21.6. The van der Waals surface area contributed by atoms with Crippen molar-refractivity contribution in [2.45, 2.75) is 6.42 Å². The summed E-state index contributed by atoms with van der Waals surface area (Å²) in [5.74, 6) is 0.138. The molecule has 1 amide bonds. The highest BCUT2D eigenvalue weighted by atomic mass is 19.1. The van der Waals surface area contributed by atoms with Gasteiger partial charge in [0.2, 0.25) is 5.91 Å². The van der Waals surface area contributed by atoms with Crippen LogP contribution in [0.2, 0.25) is 0 Å². The molecule has 0 atom stereocenters. The smallest absolute Gasteiger partial charge is 0.228 e. The van der Waals surface area contributed by atoms with Crippen LogP contribution in [0.3, 0.4) is 0 Å². The first-order valence-electron chi connectivity index (χ1n) is 13.0. The van der Waals surface area contributed by atoms with Crippen LogP contribution in [0.4, 0.5) is 10.1 Å². The van der Waals surface area contributed by atoms with E-state index >= 15 is 0 Å². The molecule has 3 aromatic carbocycles. The van der Waals surface area contributed by atoms with Gasteiger partial charge in [-0.1, -0.05) is 54.6 Å². The average Bonchev–Trinajstić information content (AvgIpc) is 3.61. The van der Waals surface area contributed by atoms with Gasteiger partial charge in [-0.2, -0.15) is 5.10 Å². The highest BCUT2D eigenvalue weighted by Crippen LogP contribution is 2.33. The second kappa shape index (κ2) is 10.1. The molecule has 7 aromatic rings. The number of aromatic amines is 2. The summed E-state index contributed by atoms with van der Waals surface area (Å²) in [6.07, 6.45) is 5.35. The normalized spacial score (nSPS) is 11.2. The van der Waals surface area contributed by atoms with Crippen molar-refractivity contribution in [1.29, 1.82) is 0 Å². The fourth-order valence-electron chi connectivity index (χ4n) is 4.93. The van der Waals surface area contributed by atoms with E-state index < -0.39 is 0 Å². The first kappa shape index (κ1) is 24.3. The summed E-state index contributed by atoms with van der Waals surface area (Å²) in [7, 11) is 0. The summed E-state index contributed by atoms with van der Waals surface area (Å²) in [6, 6.07) is 25.6. The molecule has 9 heteroatoms. The number of imidazole rings is 1. The largest absolute Gasteiger partial charge is 0.337 e. The van der Waals surface area contributed by atoms with Crippen LogP contribution in [0.1, 0.15) is 5.56 Å². The molecule has 0 aliphatic carbocycles. The van der Waals surface area contributed by atoms with Gasteiger partial charge in [0.15, 0.2) is 11.5 Å². The number of hydrogen-bond donors (Lipinski definition) is 3. The molecular weight excluding hydrogens is 517 g/mol. The van der Waals surface area contributed by atoms with Crippen molar-refractivity contribution in [2.24, 2.45) is 0 Å². The number of para-hydroxylation sites is 1. The third kappa shape index (κ3) is 4.80. The van der Waals surface area contributed by atoms with E-state index in [4.69, 9.17) is 4.98 Å². The maximum atomic E-state index is 13.9. The van der Waals surface area contributed by atoms with Gasteiger partial charge in [0.1, 0.15) is 11.5 Å². The summed E-state index contributed by atoms with van der Waals surface area (Å²) in [4.78, 5) is 29.7. The van der Waals surface area contributed by atoms with E-state index in [0.29, 0.717) is 22.9 Å². The van der Waals surface area contributed by atoms with E-state index in [-0.39, 0.29) is 18.1 Å². The lowest BCUT2D eigenvalue weighted by Gasteiger charge is -2.07. The lowest BCUT2D eigenvalue weighted by molar-refractivity contribution is -0.115. The molecule has 0 radical (unpaired) electrons. The molecule has 0 spiro atoms. The predicted octanol–water partition coefficient (Wildman–Crippen LogP) is 6.55. The Hall–Kier alpha value is -5.70. The standard InChI is InChI=1S/C32H22FN7O/c33-23-9-4-8-20(13-23)25-10-5-11-27-29(25)38-32(37-27)30-26-15-22(17-35-31(26)40-39-30)21-14-24(18-34-16-21)36-28(41)12-19-6-2-1-3-7-19/h1-11,13-18H,12H2,(H,36,41)(H,37,38)(H,35,39,40). The Labute approximate surface area is 233 Å². The molecular formula is C32H22FN7O. The molecule has 3 N–H and O–H groups in total. The van der Waals surface area contributed by atoms with Gasteiger partial charge in [-0.3, -0.25) is 14.9 Å². The summed E-state index contributed by atoms with van der Waals surface area (Å²) < 4.78 is 13.9. The second-order valence-electron chi connectivity index (χ2n) is 9.66. The van der Waals surface area contributed by atoms with E-state index in [1.807, 2.05) is 66.7 Å². The van der Waals surface area contributed by atoms with Gasteiger partial charge in [-0.15, -0.1) is 0 Å². The van der Waals surface area contributed by atoms with E-state index in [0.717, 1.165) is 44.2 Å². The number of fused-ring (bicyclic) bond motifs is 2. The molecule has 0 unspecified atom stereocenters. The van der Waals surface area contributed by atoms with Gasteiger partial charge < -0.3 is 10.3 Å². The maximum absolute atomic E-state index is 13.9. The summed E-state index contributed by atoms with van der Waals surface area (Å²) >= 11 is 0. The Morgan fingerprint density at radius 3 is 2.59 bits per heavy atom. The lowest BCUT2D eigenvalue weighted by atomic mass is 10.0. The summed E-state index contributed by atoms with van der Waals surface area (Å²) in [5, 5.41) is 11.2. The van der Waals surface area contributed by atoms with Gasteiger partial charge >= 0.3 is 0 Å². The Kier molecular flexibility index (Phi) is 6.01. The number of carbonyl (C=O) groups is 1. The molecule has 0 saturated heterocycles. The Bertz CT molecular complexity index is 2050. The number of halogens is 1. The van der Waals surface area contributed by atoms with Gasteiger partial charge in [-0.25, -0.2) is 14.4 Å². The van der Waals surface area contributed by atoms with E-state index in [1.54, 1.807) is 24.7 Å². The number of nitrogens with one attached hydrogen (secondary N) is 3. The van der Waals surface area contributed by atoms with E-state index in [1.165, 1.54) is 12.1 Å². The fraction of sp³-hybridized carbons (Fsp3) is 0.0312. The molecule has 0 bridgehead atoms. The zero-order chi connectivity index (χ0) is 27.8. The topological polar surface area (TPSA) is 112 Å². The number of carbonyl (C=O) groups excluding carboxylic acids is 1. The van der Waals surface area contributed by atoms with Crippen molar-refractivity contribution in [2.75, 3.05) is 5.32 Å². The van der Waals surface area contributed by atoms with Crippen LogP contribution in [-0.4, -0.2) is 36.0 Å². The number of H-pyrrole nitrogens is 2. The fourth-order valence-corrected chi connectivity index (χ4v) is 4.93. The monoisotopic (exact) mass is 539 g/mol. The Morgan fingerprint density at radius 2 is 1.71 bits per heavy atom. The highest BCUT2D eigenvalue weighted by Gasteiger charge is 2.17. The minimum atomic E-state index is -0.304. The number of hydrogen-bond acceptors (Lipinski definition) is 5. The van der Waals surface area contributed by atoms with Crippen LogP contribution in [0.15, 0.2) is 104 Å². The molecule has 41 heavy (non-hydrogen) atoms. The average molecular weight is 540 g/mol. The molecule has 0 fully saturated rings. The molecule has 0 aliphatic rings. The number of aromatic nitrogens is 6. The van der Waals surface area contributed by atoms with Crippen molar-refractivity contribution in [3.05, 3.63) is 115 Å². The Balaban J connectivity index is 1.21. The molecule has 8 nitrogen and oxygen atoms in total. The van der Waals surface area contributed by atoms with Crippen LogP contribution in [0, 0.1) is 5.82 Å². The van der Waals surface area contributed by atoms with Gasteiger partial charge in [0.25, 0.3) is 0 Å². The van der Waals surface area contributed by atoms with Gasteiger partial charge in [0, 0.05) is 29.1 Å². The van der Waals surface area contributed by atoms with Gasteiger partial charge in [0.05, 0.1) is 34.7 Å². The van der Waals surface area contributed by atoms with Crippen LogP contribution in [0.5, 0.6) is 0 Å². The number of anilines is 1. The van der Waals surface area contributed by atoms with Crippen LogP contribution in [0.25, 0.3) is 55.8 Å². The first-order valence-corrected chi connectivity index (χ1v) is 13.0. The molecule has 4 heterocycles. The molecule has 198 valence electrons. The van der Waals surface area contributed by atoms with Crippen LogP contribution in [-0.2, 0) is 11.2 Å². The summed E-state index contributed by atoms with van der Waals surface area (Å²) in [6.45, 7) is 0. The van der Waals surface area contributed by atoms with Crippen LogP contribution < -0.4 is 5.32 Å². The number of nitrogens with zero attached hydrogens (tertiary/aromatic N) is 4. The minimum absolute atomic E-state index is 0.122. The zero-order valence-electron chi connectivity index (χ0n) is 21.6. The molecule has 7 rings (SSSR count). The molecule has 0 aliphatic heterocycles. The van der Waals surface area contributed by atoms with Crippen molar-refractivity contribution in [3.63, 3.8) is 0 Å². The predicted molar refractivity (Wildman–Crippen MR) is 156 cm³/mol. The van der Waals surface area contributed by atoms with Crippen molar-refractivity contribution in [3.8, 4) is 33.8 Å². The minimum Gasteiger partial charge on any atom is -0.337 e. The lowest BCUT2D eigenvalue weighted by Crippen LogP contribution is -2.14. The van der Waals surface area contributed by atoms with E-state index in [2.05, 4.69) is 30.5 Å². The van der Waals surface area contributed by atoms with Crippen molar-refractivity contribution in [1.82, 2.24) is 30.1 Å². The third-order valence-electron chi connectivity index (χ3n) is 6.85. The van der Waals surface area contributed by atoms with Gasteiger partial charge in [-0.05, 0) is 41.5 Å².